The summed E-state index contributed by atoms with van der Waals surface area (Å²) >= 11 is -0.556. The number of allylic oxidation sites excluding steroid dienone is 8. The van der Waals surface area contributed by atoms with Gasteiger partial charge in [-0.1, -0.05) is 79.7 Å². The SMILES string of the molecule is CC(C)[N-]C[C-]1C2C=CC(C(C)(C)C)=CC2C2C=C(C(C)(C)C)C=CC12.[Cl][Ti][Cl]. The van der Waals surface area contributed by atoms with Crippen LogP contribution >= 0.6 is 18.6 Å². The summed E-state index contributed by atoms with van der Waals surface area (Å²) in [5, 5.41) is 4.88. The molecule has 0 saturated heterocycles. The molecular formula is C25H37Cl2NTi-2. The fourth-order valence-electron chi connectivity index (χ4n) is 4.57. The van der Waals surface area contributed by atoms with Crippen molar-refractivity contribution in [2.24, 2.45) is 34.5 Å². The van der Waals surface area contributed by atoms with E-state index in [0.717, 1.165) is 6.54 Å². The molecule has 0 aromatic heterocycles. The Morgan fingerprint density at radius 1 is 0.897 bits per heavy atom. The average Bonchev–Trinajstić information content (AvgIpc) is 2.91. The predicted octanol–water partition coefficient (Wildman–Crippen LogP) is 8.28. The van der Waals surface area contributed by atoms with Crippen molar-refractivity contribution in [3.63, 3.8) is 0 Å². The molecule has 1 saturated carbocycles. The number of hydrogen-bond donors (Lipinski definition) is 0. The van der Waals surface area contributed by atoms with Crippen molar-refractivity contribution in [1.82, 2.24) is 0 Å². The van der Waals surface area contributed by atoms with Gasteiger partial charge in [0.15, 0.2) is 0 Å². The van der Waals surface area contributed by atoms with Gasteiger partial charge in [0, 0.05) is 0 Å². The molecule has 0 spiro atoms. The summed E-state index contributed by atoms with van der Waals surface area (Å²) in [4.78, 5) is 0. The second-order valence-electron chi connectivity index (χ2n) is 10.7. The Kier molecular flexibility index (Phi) is 8.98. The molecule has 4 unspecified atom stereocenters. The monoisotopic (exact) mass is 469 g/mol. The van der Waals surface area contributed by atoms with E-state index in [1.807, 2.05) is 0 Å². The van der Waals surface area contributed by atoms with Gasteiger partial charge in [-0.3, -0.25) is 6.54 Å². The molecule has 3 aliphatic carbocycles. The second kappa shape index (κ2) is 10.2. The maximum absolute atomic E-state index is 4.89. The molecule has 0 heterocycles. The fraction of sp³-hybridized carbons (Fsp3) is 0.640. The van der Waals surface area contributed by atoms with Crippen molar-refractivity contribution in [2.45, 2.75) is 61.4 Å². The third kappa shape index (κ3) is 6.36. The normalized spacial score (nSPS) is 28.9. The minimum absolute atomic E-state index is 0.211. The number of rotatable bonds is 3. The van der Waals surface area contributed by atoms with Gasteiger partial charge in [0.1, 0.15) is 0 Å². The van der Waals surface area contributed by atoms with E-state index in [4.69, 9.17) is 23.9 Å². The molecule has 0 aromatic carbocycles. The minimum atomic E-state index is -0.556. The number of fused-ring (bicyclic) bond motifs is 3. The van der Waals surface area contributed by atoms with Crippen LogP contribution in [0.1, 0.15) is 55.4 Å². The molecule has 1 fully saturated rings. The predicted molar refractivity (Wildman–Crippen MR) is 126 cm³/mol. The molecule has 0 bridgehead atoms. The molecule has 3 rings (SSSR count). The topological polar surface area (TPSA) is 14.1 Å². The van der Waals surface area contributed by atoms with Crippen LogP contribution in [0.2, 0.25) is 0 Å². The number of halogens is 2. The summed E-state index contributed by atoms with van der Waals surface area (Å²) in [6, 6.07) is 0.404. The van der Waals surface area contributed by atoms with Crippen molar-refractivity contribution in [2.75, 3.05) is 6.54 Å². The molecule has 0 radical (unpaired) electrons. The van der Waals surface area contributed by atoms with Crippen LogP contribution in [0.25, 0.3) is 5.32 Å². The standard InChI is InChI=1S/C25H37N.2ClH.Ti/c1-16(2)26-15-23-19-11-9-17(24(3,4)5)13-21(19)22-14-18(25(6,7)8)10-12-20(22)23;;;/h9-14,16,19-22H,15H2,1-8H3;2*1H;/q-2;;;+2/p-2. The van der Waals surface area contributed by atoms with Crippen molar-refractivity contribution in [1.29, 1.82) is 0 Å². The maximum atomic E-state index is 4.89. The molecule has 0 aliphatic heterocycles. The summed E-state index contributed by atoms with van der Waals surface area (Å²) < 4.78 is 0. The summed E-state index contributed by atoms with van der Waals surface area (Å²) in [5.41, 5.74) is 3.39. The molecular weight excluding hydrogens is 433 g/mol. The zero-order valence-electron chi connectivity index (χ0n) is 19.3. The van der Waals surface area contributed by atoms with Crippen molar-refractivity contribution >= 4 is 18.6 Å². The number of hydrogen-bond acceptors (Lipinski definition) is 0. The van der Waals surface area contributed by atoms with Gasteiger partial charge in [-0.15, -0.1) is 30.0 Å². The summed E-state index contributed by atoms with van der Waals surface area (Å²) in [6.45, 7) is 19.2. The zero-order valence-corrected chi connectivity index (χ0v) is 22.3. The molecule has 3 aliphatic rings. The Morgan fingerprint density at radius 2 is 1.28 bits per heavy atom. The van der Waals surface area contributed by atoms with Crippen molar-refractivity contribution < 1.29 is 17.0 Å². The van der Waals surface area contributed by atoms with E-state index in [-0.39, 0.29) is 10.8 Å². The Bertz CT molecular complexity index is 624. The molecule has 0 amide bonds. The Balaban J connectivity index is 0.000000941. The van der Waals surface area contributed by atoms with Crippen LogP contribution in [0.15, 0.2) is 47.6 Å². The van der Waals surface area contributed by atoms with Gasteiger partial charge < -0.3 is 11.2 Å². The van der Waals surface area contributed by atoms with Crippen LogP contribution in [0, 0.1) is 40.4 Å². The summed E-state index contributed by atoms with van der Waals surface area (Å²) in [5.74, 6) is 3.87. The quantitative estimate of drug-likeness (QED) is 0.291. The molecule has 0 aromatic rings. The van der Waals surface area contributed by atoms with E-state index in [2.05, 4.69) is 91.8 Å². The van der Waals surface area contributed by atoms with E-state index >= 15 is 0 Å². The first-order valence-corrected chi connectivity index (χ1v) is 15.0. The van der Waals surface area contributed by atoms with E-state index in [9.17, 15) is 0 Å². The van der Waals surface area contributed by atoms with Gasteiger partial charge in [0.2, 0.25) is 0 Å². The van der Waals surface area contributed by atoms with Crippen molar-refractivity contribution in [3.8, 4) is 0 Å². The van der Waals surface area contributed by atoms with Crippen molar-refractivity contribution in [3.05, 3.63) is 58.8 Å². The zero-order chi connectivity index (χ0) is 22.0. The number of nitrogens with zero attached hydrogens (tertiary/aromatic N) is 1. The van der Waals surface area contributed by atoms with Gasteiger partial charge in [0.25, 0.3) is 0 Å². The van der Waals surface area contributed by atoms with Gasteiger partial charge >= 0.3 is 35.6 Å². The summed E-state index contributed by atoms with van der Waals surface area (Å²) in [6.07, 6.45) is 14.9. The van der Waals surface area contributed by atoms with Crippen LogP contribution in [-0.4, -0.2) is 12.6 Å². The molecule has 4 atom stereocenters. The van der Waals surface area contributed by atoms with Crippen LogP contribution in [0.4, 0.5) is 0 Å². The summed E-state index contributed by atoms with van der Waals surface area (Å²) in [7, 11) is 9.78. The Morgan fingerprint density at radius 3 is 1.59 bits per heavy atom. The van der Waals surface area contributed by atoms with Gasteiger partial charge in [-0.2, -0.15) is 0 Å². The van der Waals surface area contributed by atoms with E-state index in [1.54, 1.807) is 5.92 Å². The van der Waals surface area contributed by atoms with Crippen LogP contribution in [-0.2, 0) is 17.0 Å². The first kappa shape index (κ1) is 25.5. The fourth-order valence-corrected chi connectivity index (χ4v) is 4.57. The van der Waals surface area contributed by atoms with Crippen LogP contribution < -0.4 is 0 Å². The molecule has 1 nitrogen and oxygen atoms in total. The van der Waals surface area contributed by atoms with E-state index in [0.29, 0.717) is 29.7 Å². The van der Waals surface area contributed by atoms with E-state index < -0.39 is 17.0 Å². The van der Waals surface area contributed by atoms with Gasteiger partial charge in [-0.05, 0) is 33.8 Å². The van der Waals surface area contributed by atoms with Crippen LogP contribution in [0.5, 0.6) is 0 Å². The first-order valence-electron chi connectivity index (χ1n) is 10.7. The van der Waals surface area contributed by atoms with Crippen LogP contribution in [0.3, 0.4) is 0 Å². The molecule has 29 heavy (non-hydrogen) atoms. The van der Waals surface area contributed by atoms with Gasteiger partial charge in [0.05, 0.1) is 0 Å². The Labute approximate surface area is 196 Å². The average molecular weight is 470 g/mol. The van der Waals surface area contributed by atoms with Gasteiger partial charge in [-0.25, -0.2) is 0 Å². The molecule has 4 heteroatoms. The van der Waals surface area contributed by atoms with E-state index in [1.165, 1.54) is 11.1 Å². The second-order valence-corrected chi connectivity index (χ2v) is 13.3. The molecule has 0 N–H and O–H groups in total. The Hall–Kier alpha value is 0.214. The first-order chi connectivity index (χ1) is 13.4. The molecule has 162 valence electrons. The third-order valence-corrected chi connectivity index (χ3v) is 6.21. The third-order valence-electron chi connectivity index (χ3n) is 6.21.